The average Bonchev–Trinajstić information content (AvgIpc) is 2.97. The number of likely N-dealkylation sites (tertiary alicyclic amines) is 1. The van der Waals surface area contributed by atoms with E-state index in [1.54, 1.807) is 24.3 Å². The van der Waals surface area contributed by atoms with E-state index in [4.69, 9.17) is 0 Å². The number of anilines is 2. The van der Waals surface area contributed by atoms with Gasteiger partial charge in [0.1, 0.15) is 5.71 Å². The smallest absolute Gasteiger partial charge is 0.321 e. The highest BCUT2D eigenvalue weighted by Crippen LogP contribution is 2.23. The van der Waals surface area contributed by atoms with Crippen molar-refractivity contribution in [3.8, 4) is 0 Å². The summed E-state index contributed by atoms with van der Waals surface area (Å²) in [7, 11) is -3.18. The average molecular weight is 476 g/mol. The molecular weight excluding hydrogens is 446 g/mol. The highest BCUT2D eigenvalue weighted by Gasteiger charge is 2.37. The molecule has 4 rings (SSSR count). The van der Waals surface area contributed by atoms with Crippen LogP contribution in [0.1, 0.15) is 44.9 Å². The van der Waals surface area contributed by atoms with E-state index in [-0.39, 0.29) is 42.0 Å². The lowest BCUT2D eigenvalue weighted by molar-refractivity contribution is -0.133. The molecule has 2 saturated heterocycles. The van der Waals surface area contributed by atoms with Gasteiger partial charge in [0, 0.05) is 37.3 Å². The van der Waals surface area contributed by atoms with E-state index in [1.165, 1.54) is 5.01 Å². The van der Waals surface area contributed by atoms with Gasteiger partial charge in [0.15, 0.2) is 9.84 Å². The van der Waals surface area contributed by atoms with Gasteiger partial charge in [0.05, 0.1) is 17.5 Å². The van der Waals surface area contributed by atoms with E-state index in [0.717, 1.165) is 38.8 Å². The molecule has 2 fully saturated rings. The van der Waals surface area contributed by atoms with Crippen LogP contribution >= 0.6 is 0 Å². The topological polar surface area (TPSA) is 128 Å². The van der Waals surface area contributed by atoms with Crippen LogP contribution in [0.25, 0.3) is 0 Å². The predicted molar refractivity (Wildman–Crippen MR) is 125 cm³/mol. The zero-order chi connectivity index (χ0) is 23.4. The minimum Gasteiger partial charge on any atom is -0.325 e. The number of carbonyl (C=O) groups excluding carboxylic acids is 3. The van der Waals surface area contributed by atoms with Crippen LogP contribution in [0.3, 0.4) is 0 Å². The quantitative estimate of drug-likeness (QED) is 0.690. The largest absolute Gasteiger partial charge is 0.325 e. The Morgan fingerprint density at radius 1 is 1.00 bits per heavy atom. The molecule has 178 valence electrons. The van der Waals surface area contributed by atoms with E-state index >= 15 is 0 Å². The van der Waals surface area contributed by atoms with Crippen molar-refractivity contribution in [2.45, 2.75) is 51.0 Å². The summed E-state index contributed by atoms with van der Waals surface area (Å²) in [6.45, 7) is 1.47. The summed E-state index contributed by atoms with van der Waals surface area (Å²) < 4.78 is 23.5. The molecule has 2 N–H and O–H groups in total. The maximum Gasteiger partial charge on any atom is 0.321 e. The fraction of sp³-hybridized carbons (Fsp3) is 0.545. The monoisotopic (exact) mass is 475 g/mol. The molecule has 1 aromatic rings. The van der Waals surface area contributed by atoms with Gasteiger partial charge in [-0.15, -0.1) is 0 Å². The fourth-order valence-electron chi connectivity index (χ4n) is 4.34. The van der Waals surface area contributed by atoms with Crippen LogP contribution in [0, 0.1) is 0 Å². The lowest BCUT2D eigenvalue weighted by Crippen LogP contribution is -2.42. The molecule has 0 radical (unpaired) electrons. The number of amides is 4. The van der Waals surface area contributed by atoms with Crippen molar-refractivity contribution in [3.63, 3.8) is 0 Å². The van der Waals surface area contributed by atoms with Crippen LogP contribution in [0.5, 0.6) is 0 Å². The van der Waals surface area contributed by atoms with E-state index in [0.29, 0.717) is 17.8 Å². The Bertz CT molecular complexity index is 1060. The third-order valence-electron chi connectivity index (χ3n) is 6.14. The van der Waals surface area contributed by atoms with Gasteiger partial charge in [-0.1, -0.05) is 18.9 Å². The van der Waals surface area contributed by atoms with Crippen LogP contribution in [0.15, 0.2) is 29.4 Å². The van der Waals surface area contributed by atoms with Crippen molar-refractivity contribution in [2.75, 3.05) is 35.2 Å². The zero-order valence-electron chi connectivity index (χ0n) is 18.5. The second-order valence-corrected chi connectivity index (χ2v) is 10.9. The predicted octanol–water partition coefficient (Wildman–Crippen LogP) is 2.20. The molecular formula is C22H29N5O5S. The summed E-state index contributed by atoms with van der Waals surface area (Å²) >= 11 is 0. The van der Waals surface area contributed by atoms with Gasteiger partial charge in [0.2, 0.25) is 5.91 Å². The number of rotatable bonds is 4. The molecule has 0 aromatic heterocycles. The first-order chi connectivity index (χ1) is 15.8. The number of carbonyl (C=O) groups is 3. The maximum atomic E-state index is 12.8. The van der Waals surface area contributed by atoms with Gasteiger partial charge in [-0.3, -0.25) is 9.59 Å². The van der Waals surface area contributed by atoms with Crippen molar-refractivity contribution in [3.05, 3.63) is 24.3 Å². The lowest BCUT2D eigenvalue weighted by Gasteiger charge is -2.27. The summed E-state index contributed by atoms with van der Waals surface area (Å²) in [5, 5.41) is 11.0. The van der Waals surface area contributed by atoms with Gasteiger partial charge >= 0.3 is 6.03 Å². The van der Waals surface area contributed by atoms with Crippen molar-refractivity contribution in [1.29, 1.82) is 0 Å². The van der Waals surface area contributed by atoms with Crippen molar-refractivity contribution >= 4 is 44.8 Å². The lowest BCUT2D eigenvalue weighted by atomic mass is 10.1. The molecule has 10 nitrogen and oxygen atoms in total. The Morgan fingerprint density at radius 2 is 1.70 bits per heavy atom. The van der Waals surface area contributed by atoms with Crippen LogP contribution in [-0.4, -0.2) is 72.5 Å². The molecule has 11 heteroatoms. The maximum absolute atomic E-state index is 12.8. The Hall–Kier alpha value is -2.95. The molecule has 33 heavy (non-hydrogen) atoms. The summed E-state index contributed by atoms with van der Waals surface area (Å²) in [6.07, 6.45) is 4.88. The molecule has 3 heterocycles. The summed E-state index contributed by atoms with van der Waals surface area (Å²) in [5.41, 5.74) is 1.24. The van der Waals surface area contributed by atoms with Crippen LogP contribution in [0.2, 0.25) is 0 Å². The Morgan fingerprint density at radius 3 is 2.36 bits per heavy atom. The Labute approximate surface area is 193 Å². The number of hydrogen-bond acceptors (Lipinski definition) is 6. The number of nitrogens with one attached hydrogen (secondary N) is 2. The molecule has 0 bridgehead atoms. The molecule has 3 aliphatic rings. The minimum atomic E-state index is -3.18. The van der Waals surface area contributed by atoms with Gasteiger partial charge in [-0.25, -0.2) is 18.2 Å². The highest BCUT2D eigenvalue weighted by molar-refractivity contribution is 7.91. The highest BCUT2D eigenvalue weighted by atomic mass is 32.2. The third-order valence-corrected chi connectivity index (χ3v) is 7.89. The fourth-order valence-corrected chi connectivity index (χ4v) is 6.03. The molecule has 3 aliphatic heterocycles. The summed E-state index contributed by atoms with van der Waals surface area (Å²) in [4.78, 5) is 39.4. The number of nitrogens with zero attached hydrogens (tertiary/aromatic N) is 3. The van der Waals surface area contributed by atoms with Crippen molar-refractivity contribution < 1.29 is 22.8 Å². The summed E-state index contributed by atoms with van der Waals surface area (Å²) in [6, 6.07) is 6.18. The second kappa shape index (κ2) is 9.90. The van der Waals surface area contributed by atoms with E-state index in [2.05, 4.69) is 15.7 Å². The molecule has 1 aromatic carbocycles. The van der Waals surface area contributed by atoms with Gasteiger partial charge in [0.25, 0.3) is 5.91 Å². The number of hydrazone groups is 1. The first-order valence-corrected chi connectivity index (χ1v) is 13.2. The zero-order valence-corrected chi connectivity index (χ0v) is 19.3. The second-order valence-electron chi connectivity index (χ2n) is 8.71. The SMILES string of the molecule is O=C(Nc1cccc(NC(=O)N2CCCCCC2)c1)C1=NN([C@H]2CCS(=O)(=O)C2)C(=O)CC1. The third kappa shape index (κ3) is 5.89. The standard InChI is InChI=1S/C22H29N5O5S/c28-20-9-8-19(25-27(20)18-10-13-33(31,32)15-18)21(29)23-16-6-5-7-17(14-16)24-22(30)26-11-3-1-2-4-12-26/h5-7,14,18H,1-4,8-13,15H2,(H,23,29)(H,24,30)/t18-/m0/s1. The molecule has 0 aliphatic carbocycles. The Balaban J connectivity index is 1.40. The Kier molecular flexibility index (Phi) is 6.96. The normalized spacial score (nSPS) is 23.0. The first kappa shape index (κ1) is 23.2. The first-order valence-electron chi connectivity index (χ1n) is 11.4. The van der Waals surface area contributed by atoms with Gasteiger partial charge in [-0.2, -0.15) is 5.10 Å². The minimum absolute atomic E-state index is 0.0223. The molecule has 4 amide bonds. The summed E-state index contributed by atoms with van der Waals surface area (Å²) in [5.74, 6) is -0.833. The molecule has 0 saturated carbocycles. The van der Waals surface area contributed by atoms with Crippen LogP contribution in [0.4, 0.5) is 16.2 Å². The van der Waals surface area contributed by atoms with E-state index < -0.39 is 21.8 Å². The number of hydrogen-bond donors (Lipinski definition) is 2. The van der Waals surface area contributed by atoms with Gasteiger partial charge < -0.3 is 15.5 Å². The number of benzene rings is 1. The molecule has 1 atom stereocenters. The van der Waals surface area contributed by atoms with E-state index in [1.807, 2.05) is 4.90 Å². The molecule has 0 spiro atoms. The van der Waals surface area contributed by atoms with E-state index in [9.17, 15) is 22.8 Å². The van der Waals surface area contributed by atoms with Crippen molar-refractivity contribution in [2.24, 2.45) is 5.10 Å². The number of urea groups is 1. The molecule has 0 unspecified atom stereocenters. The van der Waals surface area contributed by atoms with Crippen LogP contribution < -0.4 is 10.6 Å². The van der Waals surface area contributed by atoms with Crippen LogP contribution in [-0.2, 0) is 19.4 Å². The van der Waals surface area contributed by atoms with Gasteiger partial charge in [-0.05, 0) is 37.5 Å². The number of sulfone groups is 1. The van der Waals surface area contributed by atoms with Crippen molar-refractivity contribution in [1.82, 2.24) is 9.91 Å².